The lowest BCUT2D eigenvalue weighted by molar-refractivity contribution is -0.177. The maximum absolute atomic E-state index is 12.1. The molecule has 3 rings (SSSR count). The molecule has 0 N–H and O–H groups in total. The molecule has 1 saturated heterocycles. The summed E-state index contributed by atoms with van der Waals surface area (Å²) in [6, 6.07) is 19.9. The number of rotatable bonds is 7. The number of para-hydroxylation sites is 1. The number of carbonyl (C=O) groups excluding carboxylic acids is 1. The highest BCUT2D eigenvalue weighted by atomic mass is 16.6. The molecule has 4 heteroatoms. The van der Waals surface area contributed by atoms with Crippen LogP contribution in [0.25, 0.3) is 0 Å². The number of carbonyl (C=O) groups is 1. The Morgan fingerprint density at radius 3 is 2.41 bits per heavy atom. The SMILES string of the molecule is CCCN1CCCC(OC(C)=O)(c2ccccc2)C1COc1ccccc1. The van der Waals surface area contributed by atoms with Crippen LogP contribution in [0.5, 0.6) is 5.75 Å². The van der Waals surface area contributed by atoms with Crippen LogP contribution in [0.1, 0.15) is 38.7 Å². The van der Waals surface area contributed by atoms with Gasteiger partial charge in [-0.1, -0.05) is 55.5 Å². The molecule has 0 spiro atoms. The average Bonchev–Trinajstić information content (AvgIpc) is 2.69. The van der Waals surface area contributed by atoms with E-state index in [-0.39, 0.29) is 12.0 Å². The summed E-state index contributed by atoms with van der Waals surface area (Å²) in [6.45, 7) is 6.11. The topological polar surface area (TPSA) is 38.8 Å². The Kier molecular flexibility index (Phi) is 6.51. The van der Waals surface area contributed by atoms with Crippen molar-refractivity contribution >= 4 is 5.97 Å². The fraction of sp³-hybridized carbons (Fsp3) is 0.435. The van der Waals surface area contributed by atoms with Crippen molar-refractivity contribution in [2.75, 3.05) is 19.7 Å². The van der Waals surface area contributed by atoms with Gasteiger partial charge in [0.1, 0.15) is 12.4 Å². The molecule has 2 atom stereocenters. The Bertz CT molecular complexity index is 717. The Hall–Kier alpha value is -2.33. The van der Waals surface area contributed by atoms with Gasteiger partial charge in [-0.25, -0.2) is 0 Å². The van der Waals surface area contributed by atoms with Crippen LogP contribution in [0.2, 0.25) is 0 Å². The number of hydrogen-bond donors (Lipinski definition) is 0. The summed E-state index contributed by atoms with van der Waals surface area (Å²) in [7, 11) is 0. The van der Waals surface area contributed by atoms with Gasteiger partial charge in [0, 0.05) is 6.92 Å². The molecule has 27 heavy (non-hydrogen) atoms. The third-order valence-electron chi connectivity index (χ3n) is 5.22. The van der Waals surface area contributed by atoms with E-state index in [1.807, 2.05) is 48.5 Å². The van der Waals surface area contributed by atoms with E-state index in [1.165, 1.54) is 6.92 Å². The summed E-state index contributed by atoms with van der Waals surface area (Å²) in [4.78, 5) is 14.5. The van der Waals surface area contributed by atoms with Crippen LogP contribution in [0.3, 0.4) is 0 Å². The molecule has 0 aromatic heterocycles. The molecular weight excluding hydrogens is 338 g/mol. The smallest absolute Gasteiger partial charge is 0.303 e. The summed E-state index contributed by atoms with van der Waals surface area (Å²) in [5, 5.41) is 0. The maximum atomic E-state index is 12.1. The second-order valence-corrected chi connectivity index (χ2v) is 7.13. The largest absolute Gasteiger partial charge is 0.492 e. The van der Waals surface area contributed by atoms with Gasteiger partial charge in [0.25, 0.3) is 0 Å². The van der Waals surface area contributed by atoms with Crippen molar-refractivity contribution in [3.05, 3.63) is 66.2 Å². The molecule has 4 nitrogen and oxygen atoms in total. The van der Waals surface area contributed by atoms with Gasteiger partial charge in [0.2, 0.25) is 0 Å². The van der Waals surface area contributed by atoms with Gasteiger partial charge in [-0.15, -0.1) is 0 Å². The first kappa shape index (κ1) is 19.4. The minimum atomic E-state index is -0.685. The monoisotopic (exact) mass is 367 g/mol. The molecule has 0 radical (unpaired) electrons. The summed E-state index contributed by atoms with van der Waals surface area (Å²) in [5.41, 5.74) is 0.359. The summed E-state index contributed by atoms with van der Waals surface area (Å²) in [5.74, 6) is 0.589. The normalized spacial score (nSPS) is 23.0. The molecular formula is C23H29NO3. The van der Waals surface area contributed by atoms with Gasteiger partial charge in [0.05, 0.1) is 6.04 Å². The van der Waals surface area contributed by atoms with Crippen LogP contribution in [0.4, 0.5) is 0 Å². The molecule has 2 aromatic carbocycles. The minimum absolute atomic E-state index is 0.0299. The fourth-order valence-corrected chi connectivity index (χ4v) is 4.14. The fourth-order valence-electron chi connectivity index (χ4n) is 4.14. The molecule has 1 aliphatic rings. The molecule has 1 heterocycles. The molecule has 2 unspecified atom stereocenters. The van der Waals surface area contributed by atoms with Crippen LogP contribution >= 0.6 is 0 Å². The van der Waals surface area contributed by atoms with Gasteiger partial charge in [0.15, 0.2) is 5.60 Å². The van der Waals surface area contributed by atoms with E-state index >= 15 is 0 Å². The van der Waals surface area contributed by atoms with E-state index in [9.17, 15) is 4.79 Å². The number of esters is 1. The van der Waals surface area contributed by atoms with Crippen molar-refractivity contribution < 1.29 is 14.3 Å². The Morgan fingerprint density at radius 2 is 1.78 bits per heavy atom. The molecule has 144 valence electrons. The predicted octanol–water partition coefficient (Wildman–Crippen LogP) is 4.40. The van der Waals surface area contributed by atoms with Crippen LogP contribution in [0.15, 0.2) is 60.7 Å². The Labute approximate surface area is 162 Å². The number of hydrogen-bond acceptors (Lipinski definition) is 4. The zero-order chi connectivity index (χ0) is 19.1. The van der Waals surface area contributed by atoms with Crippen molar-refractivity contribution in [3.8, 4) is 5.75 Å². The lowest BCUT2D eigenvalue weighted by Crippen LogP contribution is -2.59. The third-order valence-corrected chi connectivity index (χ3v) is 5.22. The summed E-state index contributed by atoms with van der Waals surface area (Å²) < 4.78 is 12.2. The first-order valence-corrected chi connectivity index (χ1v) is 9.82. The van der Waals surface area contributed by atoms with Crippen LogP contribution in [-0.2, 0) is 15.1 Å². The Morgan fingerprint density at radius 1 is 1.11 bits per heavy atom. The van der Waals surface area contributed by atoms with Crippen LogP contribution in [-0.4, -0.2) is 36.6 Å². The van der Waals surface area contributed by atoms with Gasteiger partial charge in [-0.2, -0.15) is 0 Å². The summed E-state index contributed by atoms with van der Waals surface area (Å²) in [6.07, 6.45) is 2.84. The lowest BCUT2D eigenvalue weighted by atomic mass is 9.78. The zero-order valence-corrected chi connectivity index (χ0v) is 16.3. The van der Waals surface area contributed by atoms with Crippen molar-refractivity contribution in [2.24, 2.45) is 0 Å². The van der Waals surface area contributed by atoms with Crippen LogP contribution < -0.4 is 4.74 Å². The number of ether oxygens (including phenoxy) is 2. The average molecular weight is 367 g/mol. The van der Waals surface area contributed by atoms with Gasteiger partial charge in [-0.3, -0.25) is 9.69 Å². The van der Waals surface area contributed by atoms with Crippen molar-refractivity contribution in [1.82, 2.24) is 4.90 Å². The van der Waals surface area contributed by atoms with Crippen molar-refractivity contribution in [1.29, 1.82) is 0 Å². The Balaban J connectivity index is 1.96. The molecule has 0 bridgehead atoms. The highest BCUT2D eigenvalue weighted by Gasteiger charge is 2.49. The van der Waals surface area contributed by atoms with Crippen molar-refractivity contribution in [3.63, 3.8) is 0 Å². The molecule has 0 aliphatic carbocycles. The molecule has 2 aromatic rings. The molecule has 0 saturated carbocycles. The third kappa shape index (κ3) is 4.51. The van der Waals surface area contributed by atoms with Gasteiger partial charge >= 0.3 is 5.97 Å². The van der Waals surface area contributed by atoms with E-state index in [2.05, 4.69) is 24.0 Å². The minimum Gasteiger partial charge on any atom is -0.492 e. The first-order valence-electron chi connectivity index (χ1n) is 9.82. The quantitative estimate of drug-likeness (QED) is 0.680. The summed E-state index contributed by atoms with van der Waals surface area (Å²) >= 11 is 0. The first-order chi connectivity index (χ1) is 13.2. The highest BCUT2D eigenvalue weighted by Crippen LogP contribution is 2.41. The molecule has 0 amide bonds. The van der Waals surface area contributed by atoms with E-state index in [0.717, 1.165) is 43.7 Å². The van der Waals surface area contributed by atoms with Gasteiger partial charge in [-0.05, 0) is 50.0 Å². The maximum Gasteiger partial charge on any atom is 0.303 e. The van der Waals surface area contributed by atoms with Gasteiger partial charge < -0.3 is 9.47 Å². The van der Waals surface area contributed by atoms with E-state index in [1.54, 1.807) is 0 Å². The van der Waals surface area contributed by atoms with E-state index < -0.39 is 5.60 Å². The molecule has 1 aliphatic heterocycles. The number of piperidine rings is 1. The number of nitrogens with zero attached hydrogens (tertiary/aromatic N) is 1. The van der Waals surface area contributed by atoms with Crippen molar-refractivity contribution in [2.45, 2.75) is 44.8 Å². The van der Waals surface area contributed by atoms with E-state index in [0.29, 0.717) is 6.61 Å². The predicted molar refractivity (Wildman–Crippen MR) is 107 cm³/mol. The second kappa shape index (κ2) is 9.05. The second-order valence-electron chi connectivity index (χ2n) is 7.13. The van der Waals surface area contributed by atoms with E-state index in [4.69, 9.17) is 9.47 Å². The van der Waals surface area contributed by atoms with Crippen LogP contribution in [0, 0.1) is 0 Å². The highest BCUT2D eigenvalue weighted by molar-refractivity contribution is 5.67. The zero-order valence-electron chi connectivity index (χ0n) is 16.3. The lowest BCUT2D eigenvalue weighted by Gasteiger charge is -2.49. The standard InChI is InChI=1S/C23H29NO3/c1-3-16-24-17-10-15-23(27-19(2)25,20-11-6-4-7-12-20)22(24)18-26-21-13-8-5-9-14-21/h4-9,11-14,22H,3,10,15-18H2,1-2H3. The molecule has 1 fully saturated rings. The number of benzene rings is 2. The number of likely N-dealkylation sites (tertiary alicyclic amines) is 1.